The van der Waals surface area contributed by atoms with Crippen LogP contribution in [0.4, 0.5) is 0 Å². The molecule has 18 heavy (non-hydrogen) atoms. The Labute approximate surface area is 104 Å². The first-order valence-corrected chi connectivity index (χ1v) is 6.18. The van der Waals surface area contributed by atoms with Gasteiger partial charge in [-0.05, 0) is 31.9 Å². The predicted molar refractivity (Wildman–Crippen MR) is 68.3 cm³/mol. The van der Waals surface area contributed by atoms with Crippen LogP contribution in [0.1, 0.15) is 18.4 Å². The fourth-order valence-electron chi connectivity index (χ4n) is 2.39. The van der Waals surface area contributed by atoms with Crippen molar-refractivity contribution in [3.8, 4) is 5.69 Å². The zero-order valence-electron chi connectivity index (χ0n) is 10.3. The second-order valence-corrected chi connectivity index (χ2v) is 4.69. The minimum atomic E-state index is -0.233. The molecule has 94 valence electrons. The van der Waals surface area contributed by atoms with Gasteiger partial charge in [-0.15, -0.1) is 0 Å². The maximum Gasteiger partial charge on any atom is 0.351 e. The normalized spacial score (nSPS) is 14.5. The summed E-state index contributed by atoms with van der Waals surface area (Å²) in [5, 5.41) is 0. The van der Waals surface area contributed by atoms with Gasteiger partial charge in [-0.2, -0.15) is 0 Å². The molecule has 5 nitrogen and oxygen atoms in total. The van der Waals surface area contributed by atoms with Crippen LogP contribution in [0.15, 0.2) is 33.9 Å². The SMILES string of the molecule is Cc1ccc(-n2c(=O)n3n(c2=O)CCCC3)cc1. The molecule has 1 aromatic heterocycles. The van der Waals surface area contributed by atoms with Crippen LogP contribution in [-0.2, 0) is 13.1 Å². The zero-order chi connectivity index (χ0) is 12.7. The number of hydrogen-bond donors (Lipinski definition) is 0. The van der Waals surface area contributed by atoms with Crippen LogP contribution >= 0.6 is 0 Å². The van der Waals surface area contributed by atoms with Crippen molar-refractivity contribution in [3.63, 3.8) is 0 Å². The van der Waals surface area contributed by atoms with Crippen molar-refractivity contribution in [1.29, 1.82) is 0 Å². The number of aromatic nitrogens is 3. The Morgan fingerprint density at radius 2 is 1.39 bits per heavy atom. The molecular weight excluding hydrogens is 230 g/mol. The summed E-state index contributed by atoms with van der Waals surface area (Å²) < 4.78 is 4.35. The van der Waals surface area contributed by atoms with E-state index < -0.39 is 0 Å². The molecule has 0 N–H and O–H groups in total. The van der Waals surface area contributed by atoms with E-state index in [4.69, 9.17) is 0 Å². The molecule has 0 amide bonds. The highest BCUT2D eigenvalue weighted by Crippen LogP contribution is 2.07. The van der Waals surface area contributed by atoms with Crippen molar-refractivity contribution in [1.82, 2.24) is 13.9 Å². The van der Waals surface area contributed by atoms with Crippen molar-refractivity contribution < 1.29 is 0 Å². The van der Waals surface area contributed by atoms with Gasteiger partial charge in [-0.25, -0.2) is 23.5 Å². The molecule has 2 aromatic rings. The summed E-state index contributed by atoms with van der Waals surface area (Å²) in [5.74, 6) is 0. The Kier molecular flexibility index (Phi) is 2.47. The Balaban J connectivity index is 2.24. The van der Waals surface area contributed by atoms with Crippen LogP contribution in [-0.4, -0.2) is 13.9 Å². The van der Waals surface area contributed by atoms with E-state index in [1.54, 1.807) is 9.36 Å². The molecule has 0 saturated carbocycles. The van der Waals surface area contributed by atoms with Gasteiger partial charge in [0.1, 0.15) is 0 Å². The average Bonchev–Trinajstić information content (AvgIpc) is 2.64. The Morgan fingerprint density at radius 3 is 1.89 bits per heavy atom. The Morgan fingerprint density at radius 1 is 0.889 bits per heavy atom. The van der Waals surface area contributed by atoms with Gasteiger partial charge in [0.15, 0.2) is 0 Å². The first-order valence-electron chi connectivity index (χ1n) is 6.18. The summed E-state index contributed by atoms with van der Waals surface area (Å²) in [7, 11) is 0. The molecule has 5 heteroatoms. The van der Waals surface area contributed by atoms with E-state index >= 15 is 0 Å². The van der Waals surface area contributed by atoms with Crippen LogP contribution in [0.3, 0.4) is 0 Å². The lowest BCUT2D eigenvalue weighted by Gasteiger charge is -2.13. The van der Waals surface area contributed by atoms with Crippen molar-refractivity contribution in [3.05, 3.63) is 50.8 Å². The smallest absolute Gasteiger partial charge is 0.246 e. The van der Waals surface area contributed by atoms with Crippen molar-refractivity contribution in [2.75, 3.05) is 0 Å². The minimum absolute atomic E-state index is 0.233. The van der Waals surface area contributed by atoms with E-state index in [1.165, 1.54) is 4.57 Å². The largest absolute Gasteiger partial charge is 0.351 e. The van der Waals surface area contributed by atoms with Gasteiger partial charge < -0.3 is 0 Å². The molecule has 0 radical (unpaired) electrons. The monoisotopic (exact) mass is 245 g/mol. The van der Waals surface area contributed by atoms with Gasteiger partial charge in [0.2, 0.25) is 0 Å². The third-order valence-corrected chi connectivity index (χ3v) is 3.40. The molecule has 0 atom stereocenters. The standard InChI is InChI=1S/C13H15N3O2/c1-10-4-6-11(7-5-10)16-12(17)14-8-2-3-9-15(14)13(16)18/h4-7H,2-3,8-9H2,1H3. The predicted octanol–water partition coefficient (Wildman–Crippen LogP) is 0.903. The Hall–Kier alpha value is -2.04. The highest BCUT2D eigenvalue weighted by atomic mass is 16.2. The van der Waals surface area contributed by atoms with Gasteiger partial charge in [0.05, 0.1) is 5.69 Å². The summed E-state index contributed by atoms with van der Waals surface area (Å²) in [6.07, 6.45) is 1.91. The molecule has 0 aliphatic carbocycles. The molecular formula is C13H15N3O2. The van der Waals surface area contributed by atoms with Crippen LogP contribution in [0, 0.1) is 6.92 Å². The number of nitrogens with zero attached hydrogens (tertiary/aromatic N) is 3. The van der Waals surface area contributed by atoms with Gasteiger partial charge in [-0.1, -0.05) is 17.7 Å². The summed E-state index contributed by atoms with van der Waals surface area (Å²) in [4.78, 5) is 24.4. The van der Waals surface area contributed by atoms with Crippen LogP contribution in [0.25, 0.3) is 5.69 Å². The number of hydrogen-bond acceptors (Lipinski definition) is 2. The second-order valence-electron chi connectivity index (χ2n) is 4.69. The molecule has 1 aliphatic heterocycles. The summed E-state index contributed by atoms with van der Waals surface area (Å²) in [5.41, 5.74) is 1.29. The van der Waals surface area contributed by atoms with E-state index in [-0.39, 0.29) is 11.4 Å². The molecule has 2 heterocycles. The lowest BCUT2D eigenvalue weighted by Crippen LogP contribution is -2.30. The van der Waals surface area contributed by atoms with Crippen LogP contribution < -0.4 is 11.4 Å². The van der Waals surface area contributed by atoms with Gasteiger partial charge in [0.25, 0.3) is 0 Å². The number of rotatable bonds is 1. The molecule has 0 bridgehead atoms. The fourth-order valence-corrected chi connectivity index (χ4v) is 2.39. The molecule has 0 unspecified atom stereocenters. The van der Waals surface area contributed by atoms with Gasteiger partial charge in [0, 0.05) is 13.1 Å². The molecule has 1 aliphatic rings. The van der Waals surface area contributed by atoms with Gasteiger partial charge >= 0.3 is 11.4 Å². The summed E-state index contributed by atoms with van der Waals surface area (Å²) >= 11 is 0. The van der Waals surface area contributed by atoms with E-state index in [0.717, 1.165) is 18.4 Å². The van der Waals surface area contributed by atoms with Crippen molar-refractivity contribution in [2.24, 2.45) is 0 Å². The quantitative estimate of drug-likeness (QED) is 0.749. The number of aryl methyl sites for hydroxylation is 1. The van der Waals surface area contributed by atoms with Gasteiger partial charge in [-0.3, -0.25) is 0 Å². The van der Waals surface area contributed by atoms with E-state index in [9.17, 15) is 9.59 Å². The molecule has 3 rings (SSSR count). The minimum Gasteiger partial charge on any atom is -0.246 e. The number of benzene rings is 1. The Bertz CT molecular complexity index is 651. The highest BCUT2D eigenvalue weighted by Gasteiger charge is 2.19. The topological polar surface area (TPSA) is 48.9 Å². The third-order valence-electron chi connectivity index (χ3n) is 3.40. The molecule has 1 aromatic carbocycles. The lowest BCUT2D eigenvalue weighted by molar-refractivity contribution is 0.348. The molecule has 0 spiro atoms. The van der Waals surface area contributed by atoms with E-state index in [0.29, 0.717) is 18.8 Å². The average molecular weight is 245 g/mol. The third kappa shape index (κ3) is 1.54. The lowest BCUT2D eigenvalue weighted by atomic mass is 10.2. The first-order chi connectivity index (χ1) is 8.68. The summed E-state index contributed by atoms with van der Waals surface area (Å²) in [6, 6.07) is 7.43. The first kappa shape index (κ1) is 11.1. The summed E-state index contributed by atoms with van der Waals surface area (Å²) in [6.45, 7) is 3.24. The molecule has 0 saturated heterocycles. The van der Waals surface area contributed by atoms with Crippen molar-refractivity contribution in [2.45, 2.75) is 32.9 Å². The fraction of sp³-hybridized carbons (Fsp3) is 0.385. The zero-order valence-corrected chi connectivity index (χ0v) is 10.3. The second kappa shape index (κ2) is 4.01. The highest BCUT2D eigenvalue weighted by molar-refractivity contribution is 5.33. The maximum absolute atomic E-state index is 12.2. The maximum atomic E-state index is 12.2. The van der Waals surface area contributed by atoms with E-state index in [1.807, 2.05) is 31.2 Å². The number of fused-ring (bicyclic) bond motifs is 1. The van der Waals surface area contributed by atoms with E-state index in [2.05, 4.69) is 0 Å². The molecule has 0 fully saturated rings. The van der Waals surface area contributed by atoms with Crippen LogP contribution in [0.2, 0.25) is 0 Å². The van der Waals surface area contributed by atoms with Crippen molar-refractivity contribution >= 4 is 0 Å². The van der Waals surface area contributed by atoms with Crippen LogP contribution in [0.5, 0.6) is 0 Å².